The van der Waals surface area contributed by atoms with Gasteiger partial charge in [-0.3, -0.25) is 9.59 Å². The van der Waals surface area contributed by atoms with Crippen molar-refractivity contribution in [3.8, 4) is 34.3 Å². The van der Waals surface area contributed by atoms with Crippen molar-refractivity contribution in [3.05, 3.63) is 82.0 Å². The summed E-state index contributed by atoms with van der Waals surface area (Å²) < 4.78 is 22.6. The molecule has 7 heteroatoms. The van der Waals surface area contributed by atoms with Crippen molar-refractivity contribution in [1.82, 2.24) is 0 Å². The average Bonchev–Trinajstić information content (AvgIpc) is 2.83. The third kappa shape index (κ3) is 3.47. The summed E-state index contributed by atoms with van der Waals surface area (Å²) in [5.41, 5.74) is 1.64. The number of ether oxygens (including phenoxy) is 3. The minimum Gasteiger partial charge on any atom is -0.507 e. The SMILES string of the molecule is COc1ccc(OC)c(C2CC(=O)Oc3cc(O)c4c(=O)cc(-c5ccccc5)oc4c32)c1. The number of rotatable bonds is 4. The van der Waals surface area contributed by atoms with Gasteiger partial charge >= 0.3 is 5.97 Å². The summed E-state index contributed by atoms with van der Waals surface area (Å²) in [6, 6.07) is 17.1. The molecule has 1 atom stereocenters. The second kappa shape index (κ2) is 8.02. The number of carbonyl (C=O) groups excluding carboxylic acids is 1. The van der Waals surface area contributed by atoms with Crippen LogP contribution in [0.3, 0.4) is 0 Å². The summed E-state index contributed by atoms with van der Waals surface area (Å²) in [7, 11) is 3.09. The number of fused-ring (bicyclic) bond motifs is 3. The first-order valence-electron chi connectivity index (χ1n) is 10.3. The van der Waals surface area contributed by atoms with Crippen molar-refractivity contribution >= 4 is 16.9 Å². The molecule has 0 saturated heterocycles. The van der Waals surface area contributed by atoms with E-state index in [0.717, 1.165) is 0 Å². The smallest absolute Gasteiger partial charge is 0.312 e. The molecule has 1 aliphatic heterocycles. The lowest BCUT2D eigenvalue weighted by Crippen LogP contribution is -2.22. The number of carbonyl (C=O) groups is 1. The molecule has 0 aliphatic carbocycles. The fourth-order valence-electron chi connectivity index (χ4n) is 4.28. The Hall–Kier alpha value is -4.26. The van der Waals surface area contributed by atoms with Crippen molar-refractivity contribution in [2.24, 2.45) is 0 Å². The van der Waals surface area contributed by atoms with Crippen molar-refractivity contribution in [2.75, 3.05) is 14.2 Å². The van der Waals surface area contributed by atoms with E-state index in [1.807, 2.05) is 30.3 Å². The van der Waals surface area contributed by atoms with E-state index >= 15 is 0 Å². The number of phenolic OH excluding ortho intramolecular Hbond substituents is 1. The molecule has 2 heterocycles. The molecule has 1 aromatic heterocycles. The van der Waals surface area contributed by atoms with E-state index in [1.54, 1.807) is 25.3 Å². The first-order valence-corrected chi connectivity index (χ1v) is 10.3. The van der Waals surface area contributed by atoms with E-state index in [2.05, 4.69) is 0 Å². The van der Waals surface area contributed by atoms with Crippen molar-refractivity contribution in [1.29, 1.82) is 0 Å². The van der Waals surface area contributed by atoms with Crippen LogP contribution < -0.4 is 19.6 Å². The highest BCUT2D eigenvalue weighted by Gasteiger charge is 2.35. The van der Waals surface area contributed by atoms with Gasteiger partial charge in [-0.1, -0.05) is 30.3 Å². The molecule has 0 amide bonds. The molecule has 1 unspecified atom stereocenters. The number of esters is 1. The van der Waals surface area contributed by atoms with Gasteiger partial charge in [0, 0.05) is 34.7 Å². The monoisotopic (exact) mass is 444 g/mol. The Labute approximate surface area is 188 Å². The first-order chi connectivity index (χ1) is 16.0. The fourth-order valence-corrected chi connectivity index (χ4v) is 4.28. The second-order valence-electron chi connectivity index (χ2n) is 7.69. The van der Waals surface area contributed by atoms with E-state index in [0.29, 0.717) is 33.9 Å². The molecule has 5 rings (SSSR count). The number of phenols is 1. The lowest BCUT2D eigenvalue weighted by Gasteiger charge is -2.27. The fraction of sp³-hybridized carbons (Fsp3) is 0.154. The molecule has 7 nitrogen and oxygen atoms in total. The van der Waals surface area contributed by atoms with Crippen LogP contribution in [0.2, 0.25) is 0 Å². The van der Waals surface area contributed by atoms with Gasteiger partial charge in [0.2, 0.25) is 0 Å². The van der Waals surface area contributed by atoms with Gasteiger partial charge in [-0.25, -0.2) is 0 Å². The van der Waals surface area contributed by atoms with Crippen molar-refractivity contribution in [2.45, 2.75) is 12.3 Å². The largest absolute Gasteiger partial charge is 0.507 e. The quantitative estimate of drug-likeness (QED) is 0.362. The van der Waals surface area contributed by atoms with Crippen LogP contribution in [0, 0.1) is 0 Å². The van der Waals surface area contributed by atoms with E-state index in [-0.39, 0.29) is 28.9 Å². The Balaban J connectivity index is 1.84. The lowest BCUT2D eigenvalue weighted by atomic mass is 9.84. The molecular formula is C26H20O7. The highest BCUT2D eigenvalue weighted by Crippen LogP contribution is 2.48. The van der Waals surface area contributed by atoms with Crippen molar-refractivity contribution in [3.63, 3.8) is 0 Å². The Morgan fingerprint density at radius 3 is 2.48 bits per heavy atom. The zero-order valence-corrected chi connectivity index (χ0v) is 18.0. The zero-order chi connectivity index (χ0) is 23.1. The molecule has 33 heavy (non-hydrogen) atoms. The Morgan fingerprint density at radius 1 is 0.970 bits per heavy atom. The number of hydrogen-bond acceptors (Lipinski definition) is 7. The molecule has 1 N–H and O–H groups in total. The predicted octanol–water partition coefficient (Wildman–Crippen LogP) is 4.62. The van der Waals surface area contributed by atoms with Crippen LogP contribution >= 0.6 is 0 Å². The van der Waals surface area contributed by atoms with Gasteiger partial charge < -0.3 is 23.7 Å². The highest BCUT2D eigenvalue weighted by molar-refractivity contribution is 5.93. The Kier molecular flexibility index (Phi) is 5.01. The third-order valence-corrected chi connectivity index (χ3v) is 5.80. The van der Waals surface area contributed by atoms with Crippen LogP contribution in [0.25, 0.3) is 22.3 Å². The first kappa shape index (κ1) is 20.6. The third-order valence-electron chi connectivity index (χ3n) is 5.80. The Bertz CT molecular complexity index is 1440. The van der Waals surface area contributed by atoms with E-state index in [9.17, 15) is 14.7 Å². The van der Waals surface area contributed by atoms with Crippen LogP contribution in [0.1, 0.15) is 23.5 Å². The van der Waals surface area contributed by atoms with E-state index in [1.165, 1.54) is 19.2 Å². The number of hydrogen-bond donors (Lipinski definition) is 1. The van der Waals surface area contributed by atoms with Crippen LogP contribution in [-0.2, 0) is 4.79 Å². The van der Waals surface area contributed by atoms with Crippen LogP contribution in [-0.4, -0.2) is 25.3 Å². The highest BCUT2D eigenvalue weighted by atomic mass is 16.5. The summed E-state index contributed by atoms with van der Waals surface area (Å²) in [4.78, 5) is 25.5. The predicted molar refractivity (Wildman–Crippen MR) is 121 cm³/mol. The molecule has 1 aliphatic rings. The maximum atomic E-state index is 13.0. The van der Waals surface area contributed by atoms with Crippen LogP contribution in [0.5, 0.6) is 23.0 Å². The molecule has 0 saturated carbocycles. The van der Waals surface area contributed by atoms with Crippen LogP contribution in [0.4, 0.5) is 0 Å². The molecule has 0 bridgehead atoms. The minimum atomic E-state index is -0.552. The number of benzene rings is 3. The minimum absolute atomic E-state index is 0.00429. The summed E-state index contributed by atoms with van der Waals surface area (Å²) >= 11 is 0. The summed E-state index contributed by atoms with van der Waals surface area (Å²) in [5, 5.41) is 10.6. The number of aromatic hydroxyl groups is 1. The zero-order valence-electron chi connectivity index (χ0n) is 18.0. The standard InChI is InChI=1S/C26H20O7/c1-30-15-8-9-20(31-2)16(10-15)17-11-23(29)32-22-13-19(28)25-18(27)12-21(33-26(25)24(17)22)14-6-4-3-5-7-14/h3-10,12-13,17,28H,11H2,1-2H3. The van der Waals surface area contributed by atoms with Gasteiger partial charge in [-0.15, -0.1) is 0 Å². The van der Waals surface area contributed by atoms with E-state index in [4.69, 9.17) is 18.6 Å². The summed E-state index contributed by atoms with van der Waals surface area (Å²) in [6.07, 6.45) is -0.00429. The van der Waals surface area contributed by atoms with Crippen LogP contribution in [0.15, 0.2) is 69.9 Å². The van der Waals surface area contributed by atoms with Gasteiger partial charge in [0.1, 0.15) is 39.7 Å². The maximum Gasteiger partial charge on any atom is 0.312 e. The molecule has 0 radical (unpaired) electrons. The molecule has 0 fully saturated rings. The summed E-state index contributed by atoms with van der Waals surface area (Å²) in [5.74, 6) is 0.267. The van der Waals surface area contributed by atoms with Gasteiger partial charge in [-0.2, -0.15) is 0 Å². The van der Waals surface area contributed by atoms with Gasteiger partial charge in [0.15, 0.2) is 5.43 Å². The molecule has 166 valence electrons. The normalized spacial score (nSPS) is 15.1. The number of methoxy groups -OCH3 is 2. The van der Waals surface area contributed by atoms with E-state index < -0.39 is 17.3 Å². The topological polar surface area (TPSA) is 95.2 Å². The lowest BCUT2D eigenvalue weighted by molar-refractivity contribution is -0.135. The second-order valence-corrected chi connectivity index (χ2v) is 7.69. The maximum absolute atomic E-state index is 13.0. The Morgan fingerprint density at radius 2 is 1.76 bits per heavy atom. The van der Waals surface area contributed by atoms with Gasteiger partial charge in [0.25, 0.3) is 0 Å². The van der Waals surface area contributed by atoms with Gasteiger partial charge in [-0.05, 0) is 18.2 Å². The molecule has 3 aromatic carbocycles. The molecule has 0 spiro atoms. The van der Waals surface area contributed by atoms with Crippen molar-refractivity contribution < 1.29 is 28.5 Å². The average molecular weight is 444 g/mol. The molecule has 4 aromatic rings. The van der Waals surface area contributed by atoms with Gasteiger partial charge in [0.05, 0.1) is 20.6 Å². The summed E-state index contributed by atoms with van der Waals surface area (Å²) in [6.45, 7) is 0. The molecular weight excluding hydrogens is 424 g/mol.